The van der Waals surface area contributed by atoms with Crippen molar-refractivity contribution in [3.05, 3.63) is 108 Å². The summed E-state index contributed by atoms with van der Waals surface area (Å²) in [7, 11) is -3.64. The quantitative estimate of drug-likeness (QED) is 0.132. The highest BCUT2D eigenvalue weighted by Gasteiger charge is 2.53. The molecule has 0 aliphatic carbocycles. The zero-order chi connectivity index (χ0) is 31.6. The molecule has 9 heteroatoms. The predicted octanol–water partition coefficient (Wildman–Crippen LogP) is 5.82. The second-order valence-electron chi connectivity index (χ2n) is 13.5. The summed E-state index contributed by atoms with van der Waals surface area (Å²) in [6.45, 7) is 8.61. The molecule has 0 N–H and O–H groups in total. The van der Waals surface area contributed by atoms with Crippen molar-refractivity contribution in [2.45, 2.75) is 36.5 Å². The lowest BCUT2D eigenvalue weighted by atomic mass is 9.91. The van der Waals surface area contributed by atoms with Gasteiger partial charge in [0, 0.05) is 43.1 Å². The Morgan fingerprint density at radius 1 is 0.596 bits per heavy atom. The molecule has 0 saturated carbocycles. The Hall–Kier alpha value is -3.65. The molecule has 5 heterocycles. The highest BCUT2D eigenvalue weighted by molar-refractivity contribution is 7.69. The summed E-state index contributed by atoms with van der Waals surface area (Å²) in [5.74, 6) is 0.647. The molecule has 242 valence electrons. The van der Waals surface area contributed by atoms with Gasteiger partial charge in [-0.15, -0.1) is 0 Å². The molecule has 8 nitrogen and oxygen atoms in total. The second kappa shape index (κ2) is 11.5. The van der Waals surface area contributed by atoms with E-state index in [0.717, 1.165) is 91.5 Å². The molecule has 4 aromatic rings. The fourth-order valence-corrected chi connectivity index (χ4v) is 9.97. The van der Waals surface area contributed by atoms with Gasteiger partial charge in [0.2, 0.25) is 0 Å². The maximum atomic E-state index is 16.0. The van der Waals surface area contributed by atoms with Crippen LogP contribution in [-0.4, -0.2) is 77.0 Å². The van der Waals surface area contributed by atoms with E-state index in [2.05, 4.69) is 71.3 Å². The smallest absolute Gasteiger partial charge is 0.292 e. The first-order chi connectivity index (χ1) is 23.0. The highest BCUT2D eigenvalue weighted by Crippen LogP contribution is 2.69. The van der Waals surface area contributed by atoms with Crippen molar-refractivity contribution in [1.82, 2.24) is 0 Å². The third kappa shape index (κ3) is 5.66. The summed E-state index contributed by atoms with van der Waals surface area (Å²) >= 11 is 0. The van der Waals surface area contributed by atoms with Gasteiger partial charge >= 0.3 is 0 Å². The fourth-order valence-electron chi connectivity index (χ4n) is 6.99. The summed E-state index contributed by atoms with van der Waals surface area (Å²) in [6, 6.07) is 33.0. The Labute approximate surface area is 275 Å². The third-order valence-electron chi connectivity index (χ3n) is 10.1. The lowest BCUT2D eigenvalue weighted by molar-refractivity contribution is 0.388. The SMILES string of the molecule is CC(c1ccc(N(CC2CO2)CC2CO2)cc1)(c1ccc(N(CC2CO2)CC2CO2)cc1)P1(=O)Oc2ccccc2-c2ccccc21. The number of nitrogens with zero attached hydrogens (tertiary/aromatic N) is 2. The van der Waals surface area contributed by atoms with Crippen molar-refractivity contribution in [2.24, 2.45) is 0 Å². The largest absolute Gasteiger partial charge is 0.438 e. The van der Waals surface area contributed by atoms with Crippen LogP contribution in [0, 0.1) is 0 Å². The van der Waals surface area contributed by atoms with Crippen molar-refractivity contribution in [3.8, 4) is 16.9 Å². The minimum atomic E-state index is -3.64. The Kier molecular flexibility index (Phi) is 7.21. The number of ether oxygens (including phenoxy) is 4. The molecule has 4 fully saturated rings. The molecule has 4 aromatic carbocycles. The first-order valence-corrected chi connectivity index (χ1v) is 18.3. The van der Waals surface area contributed by atoms with Crippen molar-refractivity contribution in [2.75, 3.05) is 62.4 Å². The van der Waals surface area contributed by atoms with E-state index < -0.39 is 12.5 Å². The Morgan fingerprint density at radius 3 is 1.45 bits per heavy atom. The van der Waals surface area contributed by atoms with Crippen LogP contribution in [0.15, 0.2) is 97.1 Å². The zero-order valence-corrected chi connectivity index (χ0v) is 27.4. The maximum Gasteiger partial charge on any atom is 0.292 e. The van der Waals surface area contributed by atoms with Crippen molar-refractivity contribution < 1.29 is 28.0 Å². The van der Waals surface area contributed by atoms with Gasteiger partial charge in [0.15, 0.2) is 0 Å². The van der Waals surface area contributed by atoms with E-state index in [1.165, 1.54) is 0 Å². The molecule has 0 radical (unpaired) electrons. The van der Waals surface area contributed by atoms with Gasteiger partial charge in [0.1, 0.15) is 10.9 Å². The average molecular weight is 651 g/mol. The Morgan fingerprint density at radius 2 is 1.00 bits per heavy atom. The molecule has 0 bridgehead atoms. The van der Waals surface area contributed by atoms with E-state index in [1.807, 2.05) is 42.5 Å². The van der Waals surface area contributed by atoms with E-state index >= 15 is 4.57 Å². The molecule has 0 amide bonds. The van der Waals surface area contributed by atoms with Crippen LogP contribution in [0.5, 0.6) is 5.75 Å². The maximum absolute atomic E-state index is 16.0. The van der Waals surface area contributed by atoms with Crippen LogP contribution in [0.1, 0.15) is 18.1 Å². The van der Waals surface area contributed by atoms with Gasteiger partial charge in [-0.2, -0.15) is 0 Å². The zero-order valence-electron chi connectivity index (χ0n) is 26.5. The molecular weight excluding hydrogens is 611 g/mol. The molecule has 5 atom stereocenters. The number of benzene rings is 4. The topological polar surface area (TPSA) is 82.9 Å². The summed E-state index contributed by atoms with van der Waals surface area (Å²) in [5, 5.41) is -0.256. The molecular formula is C38H39N2O6P. The fraction of sp³-hybridized carbons (Fsp3) is 0.368. The Bertz CT molecular complexity index is 1710. The molecule has 0 spiro atoms. The van der Waals surface area contributed by atoms with Crippen molar-refractivity contribution in [3.63, 3.8) is 0 Å². The average Bonchev–Trinajstić information content (AvgIpc) is 3.91. The standard InChI is InChI=1S/C38H39N2O6P/c1-38(26-10-14-28(15-11-26)39(18-30-22-42-30)19-31-23-43-31,27-12-16-29(17-13-27)40(20-32-24-44-32)21-33-25-45-33)47(41)37-9-5-3-7-35(37)34-6-2-4-8-36(34)46-47/h2-17,30-33H,18-25H2,1H3. The van der Waals surface area contributed by atoms with Gasteiger partial charge in [0.05, 0.1) is 56.1 Å². The molecule has 4 saturated heterocycles. The predicted molar refractivity (Wildman–Crippen MR) is 182 cm³/mol. The first-order valence-electron chi connectivity index (χ1n) is 16.6. The third-order valence-corrected chi connectivity index (χ3v) is 13.3. The molecule has 5 aliphatic heterocycles. The lowest BCUT2D eigenvalue weighted by Gasteiger charge is -2.42. The Balaban J connectivity index is 1.14. The summed E-state index contributed by atoms with van der Waals surface area (Å²) in [6.07, 6.45) is 1.05. The number of hydrogen-bond donors (Lipinski definition) is 0. The van der Waals surface area contributed by atoms with Crippen LogP contribution in [0.25, 0.3) is 11.1 Å². The summed E-state index contributed by atoms with van der Waals surface area (Å²) < 4.78 is 45.1. The van der Waals surface area contributed by atoms with Crippen molar-refractivity contribution in [1.29, 1.82) is 0 Å². The molecule has 0 aromatic heterocycles. The lowest BCUT2D eigenvalue weighted by Crippen LogP contribution is -2.35. The normalized spacial score (nSPS) is 27.4. The monoisotopic (exact) mass is 650 g/mol. The van der Waals surface area contributed by atoms with Gasteiger partial charge in [-0.05, 0) is 60.0 Å². The molecule has 5 aliphatic rings. The van der Waals surface area contributed by atoms with Gasteiger partial charge in [-0.3, -0.25) is 4.57 Å². The van der Waals surface area contributed by atoms with Crippen molar-refractivity contribution >= 4 is 24.0 Å². The van der Waals surface area contributed by atoms with E-state index in [9.17, 15) is 0 Å². The molecule has 47 heavy (non-hydrogen) atoms. The van der Waals surface area contributed by atoms with Crippen LogP contribution < -0.4 is 19.6 Å². The number of anilines is 2. The van der Waals surface area contributed by atoms with Gasteiger partial charge in [-0.25, -0.2) is 0 Å². The van der Waals surface area contributed by atoms with E-state index in [4.69, 9.17) is 23.5 Å². The number of para-hydroxylation sites is 1. The first kappa shape index (κ1) is 29.5. The molecule has 5 unspecified atom stereocenters. The van der Waals surface area contributed by atoms with Gasteiger partial charge in [0.25, 0.3) is 7.37 Å². The van der Waals surface area contributed by atoms with Crippen LogP contribution in [0.3, 0.4) is 0 Å². The summed E-state index contributed by atoms with van der Waals surface area (Å²) in [5.41, 5.74) is 6.00. The van der Waals surface area contributed by atoms with Crippen LogP contribution in [-0.2, 0) is 28.7 Å². The summed E-state index contributed by atoms with van der Waals surface area (Å²) in [4.78, 5) is 4.69. The van der Waals surface area contributed by atoms with Gasteiger partial charge < -0.3 is 33.3 Å². The number of rotatable bonds is 13. The van der Waals surface area contributed by atoms with Crippen LogP contribution in [0.4, 0.5) is 11.4 Å². The molecule has 9 rings (SSSR count). The van der Waals surface area contributed by atoms with Crippen LogP contribution in [0.2, 0.25) is 0 Å². The second-order valence-corrected chi connectivity index (χ2v) is 16.1. The van der Waals surface area contributed by atoms with E-state index in [-0.39, 0.29) is 24.4 Å². The number of fused-ring (bicyclic) bond motifs is 3. The van der Waals surface area contributed by atoms with Crippen LogP contribution >= 0.6 is 7.37 Å². The number of epoxide rings is 4. The minimum absolute atomic E-state index is 0.262. The van der Waals surface area contributed by atoms with Gasteiger partial charge in [-0.1, -0.05) is 60.7 Å². The van der Waals surface area contributed by atoms with E-state index in [0.29, 0.717) is 5.75 Å². The highest BCUT2D eigenvalue weighted by atomic mass is 31.2. The van der Waals surface area contributed by atoms with E-state index in [1.54, 1.807) is 0 Å². The minimum Gasteiger partial charge on any atom is -0.438 e. The number of hydrogen-bond acceptors (Lipinski definition) is 8.